The third-order valence-corrected chi connectivity index (χ3v) is 5.42. The summed E-state index contributed by atoms with van der Waals surface area (Å²) < 4.78 is 5.63. The molecule has 1 aromatic carbocycles. The quantitative estimate of drug-likeness (QED) is 0.577. The van der Waals surface area contributed by atoms with Gasteiger partial charge in [0, 0.05) is 41.8 Å². The Bertz CT molecular complexity index is 745. The van der Waals surface area contributed by atoms with E-state index in [1.165, 1.54) is 0 Å². The molecule has 0 saturated heterocycles. The summed E-state index contributed by atoms with van der Waals surface area (Å²) in [5.41, 5.74) is 2.38. The lowest BCUT2D eigenvalue weighted by atomic mass is 10.0. The van der Waals surface area contributed by atoms with Gasteiger partial charge in [0.15, 0.2) is 0 Å². The minimum absolute atomic E-state index is 0.190. The van der Waals surface area contributed by atoms with Crippen LogP contribution in [0.15, 0.2) is 33.5 Å². The first kappa shape index (κ1) is 20.5. The zero-order valence-electron chi connectivity index (χ0n) is 17.0. The van der Waals surface area contributed by atoms with E-state index >= 15 is 0 Å². The molecule has 1 aromatic heterocycles. The molecule has 0 aliphatic heterocycles. The normalized spacial score (nSPS) is 12.7. The third kappa shape index (κ3) is 4.88. The summed E-state index contributed by atoms with van der Waals surface area (Å²) in [5, 5.41) is 1.01. The minimum atomic E-state index is -0.190. The van der Waals surface area contributed by atoms with E-state index in [2.05, 4.69) is 56.6 Å². The number of hydrogen-bond donors (Lipinski definition) is 0. The zero-order valence-corrected chi connectivity index (χ0v) is 17.0. The molecule has 0 amide bonds. The lowest BCUT2D eigenvalue weighted by Gasteiger charge is -2.26. The summed E-state index contributed by atoms with van der Waals surface area (Å²) in [7, 11) is 0. The maximum atomic E-state index is 12.4. The highest BCUT2D eigenvalue weighted by molar-refractivity contribution is 5.81. The number of nitrogens with zero attached hydrogens (tertiary/aromatic N) is 2. The molecule has 1 atom stereocenters. The van der Waals surface area contributed by atoms with Crippen molar-refractivity contribution >= 4 is 16.7 Å². The van der Waals surface area contributed by atoms with E-state index < -0.39 is 0 Å². The SMILES string of the molecule is CCN(CC)c1ccc2cc(CCCC(C)N(CC)CC)c(=O)oc2c1. The highest BCUT2D eigenvalue weighted by Crippen LogP contribution is 2.22. The van der Waals surface area contributed by atoms with Gasteiger partial charge in [-0.2, -0.15) is 0 Å². The number of benzene rings is 1. The van der Waals surface area contributed by atoms with Crippen molar-refractivity contribution in [2.75, 3.05) is 31.1 Å². The largest absolute Gasteiger partial charge is 0.422 e. The van der Waals surface area contributed by atoms with Crippen LogP contribution in [0.1, 0.15) is 53.0 Å². The first-order valence-electron chi connectivity index (χ1n) is 10.1. The second-order valence-corrected chi connectivity index (χ2v) is 6.92. The molecule has 0 radical (unpaired) electrons. The van der Waals surface area contributed by atoms with Crippen LogP contribution in [0.4, 0.5) is 5.69 Å². The van der Waals surface area contributed by atoms with Gasteiger partial charge in [-0.05, 0) is 71.3 Å². The summed E-state index contributed by atoms with van der Waals surface area (Å²) in [4.78, 5) is 17.1. The van der Waals surface area contributed by atoms with Gasteiger partial charge in [-0.3, -0.25) is 0 Å². The lowest BCUT2D eigenvalue weighted by molar-refractivity contribution is 0.218. The van der Waals surface area contributed by atoms with Crippen LogP contribution in [0.3, 0.4) is 0 Å². The molecule has 26 heavy (non-hydrogen) atoms. The molecule has 1 unspecified atom stereocenters. The molecular weight excluding hydrogens is 324 g/mol. The van der Waals surface area contributed by atoms with Crippen LogP contribution < -0.4 is 10.5 Å². The van der Waals surface area contributed by atoms with Gasteiger partial charge in [0.05, 0.1) is 0 Å². The van der Waals surface area contributed by atoms with E-state index in [9.17, 15) is 4.79 Å². The molecule has 0 spiro atoms. The van der Waals surface area contributed by atoms with E-state index in [1.54, 1.807) is 0 Å². The topological polar surface area (TPSA) is 36.7 Å². The van der Waals surface area contributed by atoms with Crippen molar-refractivity contribution in [3.63, 3.8) is 0 Å². The van der Waals surface area contributed by atoms with E-state index in [0.717, 1.165) is 62.1 Å². The second kappa shape index (κ2) is 9.77. The van der Waals surface area contributed by atoms with E-state index in [1.807, 2.05) is 12.1 Å². The van der Waals surface area contributed by atoms with Crippen LogP contribution in [0, 0.1) is 0 Å². The summed E-state index contributed by atoms with van der Waals surface area (Å²) >= 11 is 0. The Morgan fingerprint density at radius 2 is 1.69 bits per heavy atom. The highest BCUT2D eigenvalue weighted by Gasteiger charge is 2.12. The van der Waals surface area contributed by atoms with E-state index in [-0.39, 0.29) is 5.63 Å². The Balaban J connectivity index is 2.11. The summed E-state index contributed by atoms with van der Waals surface area (Å²) in [6.07, 6.45) is 2.88. The van der Waals surface area contributed by atoms with Crippen LogP contribution in [0.2, 0.25) is 0 Å². The maximum Gasteiger partial charge on any atom is 0.339 e. The van der Waals surface area contributed by atoms with Crippen LogP contribution in [0.25, 0.3) is 11.0 Å². The third-order valence-electron chi connectivity index (χ3n) is 5.42. The molecule has 4 nitrogen and oxygen atoms in total. The number of aryl methyl sites for hydroxylation is 1. The Kier molecular flexibility index (Phi) is 7.70. The van der Waals surface area contributed by atoms with Crippen molar-refractivity contribution in [2.24, 2.45) is 0 Å². The van der Waals surface area contributed by atoms with E-state index in [4.69, 9.17) is 4.42 Å². The van der Waals surface area contributed by atoms with Gasteiger partial charge in [0.25, 0.3) is 0 Å². The molecular formula is C22H34N2O2. The molecule has 0 aliphatic rings. The number of anilines is 1. The standard InChI is InChI=1S/C22H34N2O2/c1-6-23(7-2)17(5)11-10-12-19-15-18-13-14-20(24(8-3)9-4)16-21(18)26-22(19)25/h13-17H,6-12H2,1-5H3. The molecule has 0 N–H and O–H groups in total. The monoisotopic (exact) mass is 358 g/mol. The maximum absolute atomic E-state index is 12.4. The molecule has 2 rings (SSSR count). The van der Waals surface area contributed by atoms with Crippen molar-refractivity contribution in [2.45, 2.75) is 59.9 Å². The zero-order chi connectivity index (χ0) is 19.1. The van der Waals surface area contributed by atoms with Crippen LogP contribution in [-0.2, 0) is 6.42 Å². The molecule has 0 aliphatic carbocycles. The highest BCUT2D eigenvalue weighted by atomic mass is 16.4. The smallest absolute Gasteiger partial charge is 0.339 e. The average molecular weight is 359 g/mol. The fraction of sp³-hybridized carbons (Fsp3) is 0.591. The van der Waals surface area contributed by atoms with Crippen LogP contribution in [-0.4, -0.2) is 37.1 Å². The first-order valence-corrected chi connectivity index (χ1v) is 10.1. The summed E-state index contributed by atoms with van der Waals surface area (Å²) in [6, 6.07) is 8.72. The number of rotatable bonds is 10. The van der Waals surface area contributed by atoms with Gasteiger partial charge >= 0.3 is 5.63 Å². The Labute approximate surface area is 157 Å². The predicted octanol–water partition coefficient (Wildman–Crippen LogP) is 4.69. The number of hydrogen-bond acceptors (Lipinski definition) is 4. The van der Waals surface area contributed by atoms with Crippen molar-refractivity contribution in [3.8, 4) is 0 Å². The van der Waals surface area contributed by atoms with Crippen molar-refractivity contribution < 1.29 is 4.42 Å². The van der Waals surface area contributed by atoms with Gasteiger partial charge in [0.1, 0.15) is 5.58 Å². The first-order chi connectivity index (χ1) is 12.5. The Hall–Kier alpha value is -1.81. The number of fused-ring (bicyclic) bond motifs is 1. The second-order valence-electron chi connectivity index (χ2n) is 6.92. The van der Waals surface area contributed by atoms with Crippen LogP contribution >= 0.6 is 0 Å². The van der Waals surface area contributed by atoms with Crippen molar-refractivity contribution in [1.29, 1.82) is 0 Å². The van der Waals surface area contributed by atoms with Gasteiger partial charge in [-0.1, -0.05) is 13.8 Å². The van der Waals surface area contributed by atoms with E-state index in [0.29, 0.717) is 11.6 Å². The lowest BCUT2D eigenvalue weighted by Crippen LogP contribution is -2.32. The van der Waals surface area contributed by atoms with Crippen molar-refractivity contribution in [3.05, 3.63) is 40.2 Å². The van der Waals surface area contributed by atoms with Gasteiger partial charge < -0.3 is 14.2 Å². The molecule has 4 heteroatoms. The fourth-order valence-corrected chi connectivity index (χ4v) is 3.72. The molecule has 0 saturated carbocycles. The molecule has 1 heterocycles. The Morgan fingerprint density at radius 3 is 2.31 bits per heavy atom. The van der Waals surface area contributed by atoms with Crippen molar-refractivity contribution in [1.82, 2.24) is 4.90 Å². The minimum Gasteiger partial charge on any atom is -0.422 e. The van der Waals surface area contributed by atoms with Gasteiger partial charge in [-0.25, -0.2) is 4.79 Å². The Morgan fingerprint density at radius 1 is 1.00 bits per heavy atom. The summed E-state index contributed by atoms with van der Waals surface area (Å²) in [6.45, 7) is 15.0. The summed E-state index contributed by atoms with van der Waals surface area (Å²) in [5.74, 6) is 0. The van der Waals surface area contributed by atoms with Gasteiger partial charge in [-0.15, -0.1) is 0 Å². The fourth-order valence-electron chi connectivity index (χ4n) is 3.72. The van der Waals surface area contributed by atoms with Crippen LogP contribution in [0.5, 0.6) is 0 Å². The average Bonchev–Trinajstić information content (AvgIpc) is 2.64. The molecule has 2 aromatic rings. The predicted molar refractivity (Wildman–Crippen MR) is 111 cm³/mol. The van der Waals surface area contributed by atoms with Gasteiger partial charge in [0.2, 0.25) is 0 Å². The molecule has 0 fully saturated rings. The molecule has 0 bridgehead atoms. The molecule has 144 valence electrons.